The molecule has 0 radical (unpaired) electrons. The molecule has 2 rings (SSSR count). The van der Waals surface area contributed by atoms with E-state index in [4.69, 9.17) is 0 Å². The third-order valence-electron chi connectivity index (χ3n) is 4.33. The van der Waals surface area contributed by atoms with E-state index < -0.39 is 0 Å². The predicted molar refractivity (Wildman–Crippen MR) is 101 cm³/mol. The maximum Gasteiger partial charge on any atom is 0.115 e. The summed E-state index contributed by atoms with van der Waals surface area (Å²) in [4.78, 5) is 0. The number of phenols is 2. The summed E-state index contributed by atoms with van der Waals surface area (Å²) in [5.41, 5.74) is 4.97. The normalized spacial score (nSPS) is 10.6. The Balaban J connectivity index is 2.54. The van der Waals surface area contributed by atoms with Gasteiger partial charge in [0.15, 0.2) is 0 Å². The minimum Gasteiger partial charge on any atom is -0.508 e. The topological polar surface area (TPSA) is 40.5 Å². The fraction of sp³-hybridized carbons (Fsp3) is 0.364. The van der Waals surface area contributed by atoms with Crippen molar-refractivity contribution in [3.8, 4) is 11.5 Å². The van der Waals surface area contributed by atoms with Crippen molar-refractivity contribution < 1.29 is 10.2 Å². The lowest BCUT2D eigenvalue weighted by atomic mass is 9.88. The van der Waals surface area contributed by atoms with Crippen molar-refractivity contribution in [1.82, 2.24) is 0 Å². The molecule has 0 aliphatic heterocycles. The van der Waals surface area contributed by atoms with Crippen LogP contribution < -0.4 is 0 Å². The van der Waals surface area contributed by atoms with Gasteiger partial charge < -0.3 is 10.2 Å². The van der Waals surface area contributed by atoms with Crippen molar-refractivity contribution in [1.29, 1.82) is 0 Å². The van der Waals surface area contributed by atoms with E-state index in [1.807, 2.05) is 24.3 Å². The monoisotopic (exact) mass is 324 g/mol. The average molecular weight is 324 g/mol. The van der Waals surface area contributed by atoms with Crippen LogP contribution in [0.3, 0.4) is 0 Å². The SMILES string of the molecule is CCCCC(CCCC)=C(c1ccc(O)cc1)c1ccc(O)cc1. The van der Waals surface area contributed by atoms with E-state index in [1.165, 1.54) is 36.8 Å². The molecule has 0 saturated carbocycles. The van der Waals surface area contributed by atoms with E-state index in [2.05, 4.69) is 13.8 Å². The van der Waals surface area contributed by atoms with Gasteiger partial charge in [0.05, 0.1) is 0 Å². The molecule has 24 heavy (non-hydrogen) atoms. The van der Waals surface area contributed by atoms with Crippen LogP contribution in [-0.2, 0) is 0 Å². The highest BCUT2D eigenvalue weighted by Crippen LogP contribution is 2.33. The van der Waals surface area contributed by atoms with Gasteiger partial charge in [0.25, 0.3) is 0 Å². The fourth-order valence-corrected chi connectivity index (χ4v) is 2.99. The van der Waals surface area contributed by atoms with Gasteiger partial charge in [-0.3, -0.25) is 0 Å². The van der Waals surface area contributed by atoms with Crippen LogP contribution in [0.5, 0.6) is 11.5 Å². The van der Waals surface area contributed by atoms with Crippen molar-refractivity contribution in [2.75, 3.05) is 0 Å². The molecule has 0 atom stereocenters. The van der Waals surface area contributed by atoms with Crippen molar-refractivity contribution in [3.63, 3.8) is 0 Å². The largest absolute Gasteiger partial charge is 0.508 e. The van der Waals surface area contributed by atoms with Crippen LogP contribution in [0.25, 0.3) is 5.57 Å². The molecule has 0 aromatic heterocycles. The van der Waals surface area contributed by atoms with Crippen LogP contribution in [0, 0.1) is 0 Å². The van der Waals surface area contributed by atoms with E-state index in [1.54, 1.807) is 24.3 Å². The zero-order chi connectivity index (χ0) is 17.4. The Bertz CT molecular complexity index is 594. The molecule has 2 heteroatoms. The Morgan fingerprint density at radius 1 is 0.667 bits per heavy atom. The molecule has 0 amide bonds. The number of benzene rings is 2. The van der Waals surface area contributed by atoms with Gasteiger partial charge in [0.1, 0.15) is 11.5 Å². The van der Waals surface area contributed by atoms with E-state index in [9.17, 15) is 10.2 Å². The lowest BCUT2D eigenvalue weighted by Crippen LogP contribution is -1.96. The highest BCUT2D eigenvalue weighted by Gasteiger charge is 2.12. The van der Waals surface area contributed by atoms with Crippen molar-refractivity contribution in [2.45, 2.75) is 52.4 Å². The minimum absolute atomic E-state index is 0.285. The van der Waals surface area contributed by atoms with Crippen molar-refractivity contribution >= 4 is 5.57 Å². The summed E-state index contributed by atoms with van der Waals surface area (Å²) in [5.74, 6) is 0.569. The van der Waals surface area contributed by atoms with Crippen molar-refractivity contribution in [2.24, 2.45) is 0 Å². The molecule has 0 fully saturated rings. The van der Waals surface area contributed by atoms with E-state index in [0.717, 1.165) is 24.0 Å². The van der Waals surface area contributed by atoms with Crippen LogP contribution in [0.1, 0.15) is 63.5 Å². The lowest BCUT2D eigenvalue weighted by Gasteiger charge is -2.17. The first-order valence-corrected chi connectivity index (χ1v) is 8.96. The van der Waals surface area contributed by atoms with Crippen LogP contribution in [0.4, 0.5) is 0 Å². The molecule has 128 valence electrons. The minimum atomic E-state index is 0.285. The van der Waals surface area contributed by atoms with Crippen LogP contribution in [0.2, 0.25) is 0 Å². The second-order valence-electron chi connectivity index (χ2n) is 6.28. The third kappa shape index (κ3) is 4.89. The molecule has 0 spiro atoms. The smallest absolute Gasteiger partial charge is 0.115 e. The zero-order valence-corrected chi connectivity index (χ0v) is 14.8. The summed E-state index contributed by atoms with van der Waals surface area (Å²) in [6.07, 6.45) is 6.89. The third-order valence-corrected chi connectivity index (χ3v) is 4.33. The van der Waals surface area contributed by atoms with Crippen LogP contribution >= 0.6 is 0 Å². The van der Waals surface area contributed by atoms with Crippen LogP contribution in [0.15, 0.2) is 54.1 Å². The molecule has 0 unspecified atom stereocenters. The Kier molecular flexibility index (Phi) is 6.92. The first-order valence-electron chi connectivity index (χ1n) is 8.96. The second kappa shape index (κ2) is 9.17. The predicted octanol–water partition coefficient (Wildman–Crippen LogP) is 6.28. The van der Waals surface area contributed by atoms with Gasteiger partial charge in [-0.25, -0.2) is 0 Å². The Labute approximate surface area is 145 Å². The zero-order valence-electron chi connectivity index (χ0n) is 14.8. The number of allylic oxidation sites excluding steroid dienone is 1. The highest BCUT2D eigenvalue weighted by molar-refractivity contribution is 5.82. The Morgan fingerprint density at radius 3 is 1.38 bits per heavy atom. The Hall–Kier alpha value is -2.22. The first-order chi connectivity index (χ1) is 11.7. The van der Waals surface area contributed by atoms with Gasteiger partial charge in [0.2, 0.25) is 0 Å². The maximum atomic E-state index is 9.62. The second-order valence-corrected chi connectivity index (χ2v) is 6.28. The fourth-order valence-electron chi connectivity index (χ4n) is 2.99. The van der Waals surface area contributed by atoms with E-state index in [-0.39, 0.29) is 11.5 Å². The summed E-state index contributed by atoms with van der Waals surface area (Å²) in [7, 11) is 0. The van der Waals surface area contributed by atoms with E-state index in [0.29, 0.717) is 0 Å². The first kappa shape index (κ1) is 18.1. The van der Waals surface area contributed by atoms with Gasteiger partial charge in [-0.1, -0.05) is 56.5 Å². The molecule has 0 aliphatic carbocycles. The number of aromatic hydroxyl groups is 2. The molecule has 2 nitrogen and oxygen atoms in total. The summed E-state index contributed by atoms with van der Waals surface area (Å²) in [6.45, 7) is 4.44. The molecular formula is C22H28O2. The van der Waals surface area contributed by atoms with E-state index >= 15 is 0 Å². The number of rotatable bonds is 8. The molecule has 0 heterocycles. The van der Waals surface area contributed by atoms with Gasteiger partial charge in [-0.15, -0.1) is 0 Å². The molecule has 0 saturated heterocycles. The summed E-state index contributed by atoms with van der Waals surface area (Å²) in [6, 6.07) is 14.9. The molecule has 2 N–H and O–H groups in total. The Morgan fingerprint density at radius 2 is 1.04 bits per heavy atom. The number of hydrogen-bond donors (Lipinski definition) is 2. The maximum absolute atomic E-state index is 9.62. The molecular weight excluding hydrogens is 296 g/mol. The van der Waals surface area contributed by atoms with Gasteiger partial charge in [-0.05, 0) is 66.6 Å². The summed E-state index contributed by atoms with van der Waals surface area (Å²) < 4.78 is 0. The van der Waals surface area contributed by atoms with Gasteiger partial charge in [0, 0.05) is 0 Å². The molecule has 2 aromatic rings. The summed E-state index contributed by atoms with van der Waals surface area (Å²) >= 11 is 0. The molecule has 0 bridgehead atoms. The average Bonchev–Trinajstić information content (AvgIpc) is 2.60. The molecule has 0 aliphatic rings. The number of phenolic OH excluding ortho intramolecular Hbond substituents is 2. The van der Waals surface area contributed by atoms with Crippen molar-refractivity contribution in [3.05, 3.63) is 65.2 Å². The number of hydrogen-bond acceptors (Lipinski definition) is 2. The standard InChI is InChI=1S/C22H28O2/c1-3-5-7-17(8-6-4-2)22(18-9-13-20(23)14-10-18)19-11-15-21(24)16-12-19/h9-16,23-24H,3-8H2,1-2H3. The quantitative estimate of drug-likeness (QED) is 0.600. The lowest BCUT2D eigenvalue weighted by molar-refractivity contribution is 0.475. The molecule has 2 aromatic carbocycles. The summed E-state index contributed by atoms with van der Waals surface area (Å²) in [5, 5.41) is 19.2. The van der Waals surface area contributed by atoms with Crippen LogP contribution in [-0.4, -0.2) is 10.2 Å². The number of unbranched alkanes of at least 4 members (excludes halogenated alkanes) is 2. The van der Waals surface area contributed by atoms with Gasteiger partial charge >= 0.3 is 0 Å². The van der Waals surface area contributed by atoms with Gasteiger partial charge in [-0.2, -0.15) is 0 Å². The highest BCUT2D eigenvalue weighted by atomic mass is 16.3.